The van der Waals surface area contributed by atoms with Gasteiger partial charge in [0.2, 0.25) is 0 Å². The maximum Gasteiger partial charge on any atom is 0.0471 e. The second-order valence-corrected chi connectivity index (χ2v) is 6.37. The number of nitrogens with one attached hydrogen (secondary N) is 1. The minimum absolute atomic E-state index is 0.653. The molecule has 2 aromatic rings. The molecule has 1 saturated heterocycles. The van der Waals surface area contributed by atoms with Crippen LogP contribution in [0.2, 0.25) is 0 Å². The van der Waals surface area contributed by atoms with Crippen LogP contribution in [0.4, 0.5) is 0 Å². The van der Waals surface area contributed by atoms with Gasteiger partial charge < -0.3 is 4.98 Å². The number of halogens is 1. The Morgan fingerprint density at radius 3 is 3.11 bits per heavy atom. The third-order valence-electron chi connectivity index (χ3n) is 4.56. The van der Waals surface area contributed by atoms with Crippen molar-refractivity contribution in [3.8, 4) is 0 Å². The fourth-order valence-corrected chi connectivity index (χ4v) is 4.23. The van der Waals surface area contributed by atoms with Crippen LogP contribution in [-0.2, 0) is 6.42 Å². The predicted molar refractivity (Wildman–Crippen MR) is 78.0 cm³/mol. The monoisotopic (exact) mass is 304 g/mol. The van der Waals surface area contributed by atoms with Crippen molar-refractivity contribution >= 4 is 26.8 Å². The molecule has 1 aromatic carbocycles. The molecule has 4 rings (SSSR count). The van der Waals surface area contributed by atoms with Crippen LogP contribution >= 0.6 is 15.9 Å². The van der Waals surface area contributed by atoms with Crippen molar-refractivity contribution in [1.29, 1.82) is 0 Å². The normalized spacial score (nSPS) is 23.3. The van der Waals surface area contributed by atoms with E-state index in [0.717, 1.165) is 0 Å². The van der Waals surface area contributed by atoms with Crippen LogP contribution in [0.3, 0.4) is 0 Å². The van der Waals surface area contributed by atoms with Gasteiger partial charge in [-0.05, 0) is 59.4 Å². The van der Waals surface area contributed by atoms with E-state index in [-0.39, 0.29) is 0 Å². The Balaban J connectivity index is 2.04. The molecule has 0 radical (unpaired) electrons. The molecule has 2 aliphatic rings. The summed E-state index contributed by atoms with van der Waals surface area (Å²) in [6.07, 6.45) is 3.84. The molecule has 0 aliphatic carbocycles. The van der Waals surface area contributed by atoms with E-state index < -0.39 is 0 Å². The Bertz CT molecular complexity index is 629. The van der Waals surface area contributed by atoms with Crippen LogP contribution in [0.25, 0.3) is 10.9 Å². The molecule has 1 fully saturated rings. The molecule has 0 spiro atoms. The van der Waals surface area contributed by atoms with E-state index in [9.17, 15) is 0 Å². The highest BCUT2D eigenvalue weighted by molar-refractivity contribution is 9.10. The molecule has 94 valence electrons. The molecule has 18 heavy (non-hydrogen) atoms. The molecule has 1 atom stereocenters. The van der Waals surface area contributed by atoms with E-state index >= 15 is 0 Å². The van der Waals surface area contributed by atoms with Crippen LogP contribution in [-0.4, -0.2) is 23.0 Å². The Morgan fingerprint density at radius 2 is 2.22 bits per heavy atom. The number of rotatable bonds is 0. The molecule has 2 nitrogen and oxygen atoms in total. The van der Waals surface area contributed by atoms with Crippen LogP contribution in [0.5, 0.6) is 0 Å². The molecule has 0 saturated carbocycles. The summed E-state index contributed by atoms with van der Waals surface area (Å²) in [6.45, 7) is 4.68. The van der Waals surface area contributed by atoms with Crippen molar-refractivity contribution in [1.82, 2.24) is 9.88 Å². The molecule has 0 bridgehead atoms. The van der Waals surface area contributed by atoms with Crippen molar-refractivity contribution in [3.63, 3.8) is 0 Å². The smallest absolute Gasteiger partial charge is 0.0471 e. The van der Waals surface area contributed by atoms with Crippen LogP contribution < -0.4 is 0 Å². The quantitative estimate of drug-likeness (QED) is 0.781. The molecule has 1 aromatic heterocycles. The number of H-pyrrole nitrogens is 1. The SMILES string of the molecule is Cc1ccc2[nH]c3c(c2c1Br)[C@H]1CCCN1CC3. The number of aromatic amines is 1. The molecule has 1 N–H and O–H groups in total. The van der Waals surface area contributed by atoms with Crippen molar-refractivity contribution in [2.45, 2.75) is 32.2 Å². The van der Waals surface area contributed by atoms with Gasteiger partial charge in [-0.1, -0.05) is 6.07 Å². The highest BCUT2D eigenvalue weighted by atomic mass is 79.9. The molecular weight excluding hydrogens is 288 g/mol. The standard InChI is InChI=1S/C15H17BrN2/c1-9-4-5-10-14(15(9)16)13-11(17-10)6-8-18-7-2-3-12(13)18/h4-5,12,17H,2-3,6-8H2,1H3/t12-/m1/s1. The number of nitrogens with zero attached hydrogens (tertiary/aromatic N) is 1. The van der Waals surface area contributed by atoms with Crippen LogP contribution in [0.1, 0.15) is 35.7 Å². The third kappa shape index (κ3) is 1.38. The molecule has 3 heteroatoms. The van der Waals surface area contributed by atoms with Gasteiger partial charge in [0, 0.05) is 40.1 Å². The zero-order chi connectivity index (χ0) is 12.3. The lowest BCUT2D eigenvalue weighted by Gasteiger charge is -2.30. The van der Waals surface area contributed by atoms with Gasteiger partial charge in [-0.15, -0.1) is 0 Å². The van der Waals surface area contributed by atoms with E-state index in [1.54, 1.807) is 5.56 Å². The van der Waals surface area contributed by atoms with Crippen molar-refractivity contribution in [2.75, 3.05) is 13.1 Å². The second kappa shape index (κ2) is 3.84. The van der Waals surface area contributed by atoms with E-state index in [2.05, 4.69) is 44.9 Å². The third-order valence-corrected chi connectivity index (χ3v) is 5.58. The largest absolute Gasteiger partial charge is 0.358 e. The van der Waals surface area contributed by atoms with Crippen LogP contribution in [0, 0.1) is 6.92 Å². The minimum Gasteiger partial charge on any atom is -0.358 e. The lowest BCUT2D eigenvalue weighted by atomic mass is 9.95. The van der Waals surface area contributed by atoms with Gasteiger partial charge >= 0.3 is 0 Å². The van der Waals surface area contributed by atoms with E-state index in [1.807, 2.05) is 0 Å². The zero-order valence-electron chi connectivity index (χ0n) is 10.6. The van der Waals surface area contributed by atoms with Gasteiger partial charge in [0.15, 0.2) is 0 Å². The topological polar surface area (TPSA) is 19.0 Å². The second-order valence-electron chi connectivity index (χ2n) is 5.58. The lowest BCUT2D eigenvalue weighted by Crippen LogP contribution is -2.30. The zero-order valence-corrected chi connectivity index (χ0v) is 12.2. The first-order valence-electron chi connectivity index (χ1n) is 6.79. The predicted octanol–water partition coefficient (Wildman–Crippen LogP) is 3.93. The first-order valence-corrected chi connectivity index (χ1v) is 7.58. The Hall–Kier alpha value is -0.800. The average Bonchev–Trinajstić information content (AvgIpc) is 2.96. The van der Waals surface area contributed by atoms with E-state index in [0.29, 0.717) is 6.04 Å². The number of hydrogen-bond acceptors (Lipinski definition) is 1. The van der Waals surface area contributed by atoms with Crippen molar-refractivity contribution in [3.05, 3.63) is 33.4 Å². The minimum atomic E-state index is 0.653. The first-order chi connectivity index (χ1) is 8.75. The van der Waals surface area contributed by atoms with Crippen molar-refractivity contribution < 1.29 is 0 Å². The van der Waals surface area contributed by atoms with Crippen LogP contribution in [0.15, 0.2) is 16.6 Å². The first kappa shape index (κ1) is 11.1. The maximum atomic E-state index is 3.80. The summed E-state index contributed by atoms with van der Waals surface area (Å²) < 4.78 is 1.28. The number of benzene rings is 1. The Labute approximate surface area is 115 Å². The molecular formula is C15H17BrN2. The number of hydrogen-bond donors (Lipinski definition) is 1. The van der Waals surface area contributed by atoms with E-state index in [1.165, 1.54) is 59.0 Å². The number of aromatic nitrogens is 1. The molecule has 0 amide bonds. The van der Waals surface area contributed by atoms with Gasteiger partial charge in [-0.3, -0.25) is 4.90 Å². The maximum absolute atomic E-state index is 3.80. The van der Waals surface area contributed by atoms with Gasteiger partial charge in [-0.25, -0.2) is 0 Å². The van der Waals surface area contributed by atoms with Gasteiger partial charge in [0.1, 0.15) is 0 Å². The summed E-state index contributed by atoms with van der Waals surface area (Å²) in [4.78, 5) is 6.30. The number of fused-ring (bicyclic) bond motifs is 5. The van der Waals surface area contributed by atoms with Gasteiger partial charge in [0.05, 0.1) is 0 Å². The fraction of sp³-hybridized carbons (Fsp3) is 0.467. The summed E-state index contributed by atoms with van der Waals surface area (Å²) in [6, 6.07) is 5.08. The summed E-state index contributed by atoms with van der Waals surface area (Å²) in [5, 5.41) is 1.43. The molecule has 3 heterocycles. The van der Waals surface area contributed by atoms with Gasteiger partial charge in [-0.2, -0.15) is 0 Å². The molecule has 2 aliphatic heterocycles. The van der Waals surface area contributed by atoms with Gasteiger partial charge in [0.25, 0.3) is 0 Å². The Morgan fingerprint density at radius 1 is 1.33 bits per heavy atom. The summed E-state index contributed by atoms with van der Waals surface area (Å²) >= 11 is 3.80. The van der Waals surface area contributed by atoms with Crippen molar-refractivity contribution in [2.24, 2.45) is 0 Å². The number of aryl methyl sites for hydroxylation is 1. The van der Waals surface area contributed by atoms with E-state index in [4.69, 9.17) is 0 Å². The average molecular weight is 305 g/mol. The lowest BCUT2D eigenvalue weighted by molar-refractivity contribution is 0.244. The molecule has 0 unspecified atom stereocenters. The summed E-state index contributed by atoms with van der Waals surface area (Å²) in [5.41, 5.74) is 5.68. The fourth-order valence-electron chi connectivity index (χ4n) is 3.67. The highest BCUT2D eigenvalue weighted by Gasteiger charge is 2.34. The highest BCUT2D eigenvalue weighted by Crippen LogP contribution is 2.44. The Kier molecular flexibility index (Phi) is 2.36. The summed E-state index contributed by atoms with van der Waals surface area (Å²) in [7, 11) is 0. The summed E-state index contributed by atoms with van der Waals surface area (Å²) in [5.74, 6) is 0.